The standard InChI is InChI=1S/C20H19N3O4S.C4H11N5/c1-23-16-10-14(26-2)7-8-15(16)21-18(23)11-27-13-5-3-12(4-6-13)9-17-19(24)22-20(25)28-17;1-9(2)4(7)8-3(5)6/h3-8,10,17H,9,11H2,1-2H3,(H,22,24,25);1-2H3,(H5,5,6,7,8). The van der Waals surface area contributed by atoms with Gasteiger partial charge in [-0.05, 0) is 36.2 Å². The van der Waals surface area contributed by atoms with Crippen molar-refractivity contribution in [3.05, 3.63) is 53.9 Å². The third-order valence-corrected chi connectivity index (χ3v) is 6.30. The molecule has 37 heavy (non-hydrogen) atoms. The van der Waals surface area contributed by atoms with E-state index in [9.17, 15) is 9.59 Å². The molecule has 0 radical (unpaired) electrons. The van der Waals surface area contributed by atoms with Gasteiger partial charge in [0.25, 0.3) is 5.24 Å². The molecule has 1 aliphatic rings. The molecule has 13 heteroatoms. The summed E-state index contributed by atoms with van der Waals surface area (Å²) in [5.41, 5.74) is 12.8. The highest BCUT2D eigenvalue weighted by atomic mass is 32.2. The molecule has 2 aromatic carbocycles. The molecule has 196 valence electrons. The van der Waals surface area contributed by atoms with Gasteiger partial charge in [-0.25, -0.2) is 4.98 Å². The van der Waals surface area contributed by atoms with Gasteiger partial charge in [-0.1, -0.05) is 23.9 Å². The highest BCUT2D eigenvalue weighted by Gasteiger charge is 2.31. The lowest BCUT2D eigenvalue weighted by Crippen LogP contribution is -2.28. The Hall–Kier alpha value is -4.26. The van der Waals surface area contributed by atoms with Gasteiger partial charge >= 0.3 is 0 Å². The molecule has 0 bridgehead atoms. The van der Waals surface area contributed by atoms with Crippen LogP contribution in [0.4, 0.5) is 4.79 Å². The van der Waals surface area contributed by atoms with Crippen molar-refractivity contribution in [1.29, 1.82) is 5.41 Å². The van der Waals surface area contributed by atoms with Crippen molar-refractivity contribution < 1.29 is 19.1 Å². The number of guanidine groups is 2. The molecule has 0 spiro atoms. The van der Waals surface area contributed by atoms with E-state index in [4.69, 9.17) is 26.4 Å². The fraction of sp³-hybridized carbons (Fsp3) is 0.292. The number of fused-ring (bicyclic) bond motifs is 1. The van der Waals surface area contributed by atoms with Crippen molar-refractivity contribution in [1.82, 2.24) is 19.8 Å². The van der Waals surface area contributed by atoms with Crippen LogP contribution in [0.5, 0.6) is 11.5 Å². The molecule has 4 rings (SSSR count). The number of ether oxygens (including phenoxy) is 2. The smallest absolute Gasteiger partial charge is 0.286 e. The number of hydrogen-bond acceptors (Lipinski definition) is 7. The van der Waals surface area contributed by atoms with Crippen LogP contribution in [0.3, 0.4) is 0 Å². The monoisotopic (exact) mass is 526 g/mol. The van der Waals surface area contributed by atoms with Crippen LogP contribution < -0.4 is 26.3 Å². The van der Waals surface area contributed by atoms with Crippen molar-refractivity contribution in [3.8, 4) is 11.5 Å². The number of imide groups is 1. The summed E-state index contributed by atoms with van der Waals surface area (Å²) in [4.78, 5) is 32.5. The molecule has 1 atom stereocenters. The van der Waals surface area contributed by atoms with Gasteiger partial charge in [0.15, 0.2) is 5.96 Å². The average Bonchev–Trinajstić information content (AvgIpc) is 3.35. The molecule has 12 nitrogen and oxygen atoms in total. The van der Waals surface area contributed by atoms with E-state index in [0.717, 1.165) is 39.9 Å². The molecule has 3 aromatic rings. The number of carbonyl (C=O) groups is 2. The van der Waals surface area contributed by atoms with E-state index in [1.807, 2.05) is 54.1 Å². The van der Waals surface area contributed by atoms with Crippen LogP contribution in [0, 0.1) is 5.41 Å². The minimum atomic E-state index is -0.365. The maximum Gasteiger partial charge on any atom is 0.286 e. The normalized spacial score (nSPS) is 14.4. The van der Waals surface area contributed by atoms with Gasteiger partial charge in [0.05, 0.1) is 23.4 Å². The summed E-state index contributed by atoms with van der Waals surface area (Å²) in [6, 6.07) is 13.3. The van der Waals surface area contributed by atoms with E-state index in [1.165, 1.54) is 4.90 Å². The maximum absolute atomic E-state index is 11.7. The van der Waals surface area contributed by atoms with Crippen LogP contribution in [0.1, 0.15) is 11.4 Å². The lowest BCUT2D eigenvalue weighted by atomic mass is 10.1. The van der Waals surface area contributed by atoms with E-state index in [2.05, 4.69) is 15.3 Å². The quantitative estimate of drug-likeness (QED) is 0.276. The van der Waals surface area contributed by atoms with Gasteiger partial charge in [-0.15, -0.1) is 0 Å². The van der Waals surface area contributed by atoms with Gasteiger partial charge in [0.1, 0.15) is 23.9 Å². The van der Waals surface area contributed by atoms with E-state index < -0.39 is 0 Å². The first-order valence-electron chi connectivity index (χ1n) is 11.2. The van der Waals surface area contributed by atoms with Crippen LogP contribution in [0.2, 0.25) is 0 Å². The number of benzene rings is 2. The zero-order valence-corrected chi connectivity index (χ0v) is 21.8. The fourth-order valence-corrected chi connectivity index (χ4v) is 4.17. The van der Waals surface area contributed by atoms with Gasteiger partial charge in [-0.3, -0.25) is 20.3 Å². The molecule has 1 aliphatic heterocycles. The summed E-state index contributed by atoms with van der Waals surface area (Å²) in [6.07, 6.45) is 0.509. The zero-order chi connectivity index (χ0) is 27.1. The highest BCUT2D eigenvalue weighted by Crippen LogP contribution is 2.25. The summed E-state index contributed by atoms with van der Waals surface area (Å²) in [5.74, 6) is 2.05. The van der Waals surface area contributed by atoms with Crippen LogP contribution in [0.15, 0.2) is 47.5 Å². The zero-order valence-electron chi connectivity index (χ0n) is 21.0. The number of aliphatic imine (C=N–C) groups is 1. The molecule has 6 N–H and O–H groups in total. The number of hydrogen-bond donors (Lipinski definition) is 4. The molecule has 0 aliphatic carbocycles. The Morgan fingerprint density at radius 3 is 2.41 bits per heavy atom. The van der Waals surface area contributed by atoms with Crippen LogP contribution in [-0.2, 0) is 24.9 Å². The van der Waals surface area contributed by atoms with Crippen molar-refractivity contribution >= 4 is 45.9 Å². The van der Waals surface area contributed by atoms with Gasteiger partial charge in [-0.2, -0.15) is 4.99 Å². The molecule has 2 amide bonds. The first kappa shape index (κ1) is 27.3. The van der Waals surface area contributed by atoms with Crippen molar-refractivity contribution in [2.45, 2.75) is 18.3 Å². The summed E-state index contributed by atoms with van der Waals surface area (Å²) in [6.45, 7) is 0.336. The number of thioether (sulfide) groups is 1. The van der Waals surface area contributed by atoms with Crippen molar-refractivity contribution in [2.24, 2.45) is 23.5 Å². The summed E-state index contributed by atoms with van der Waals surface area (Å²) in [7, 11) is 6.96. The van der Waals surface area contributed by atoms with Crippen LogP contribution in [-0.4, -0.2) is 64.0 Å². The molecule has 1 aromatic heterocycles. The second-order valence-corrected chi connectivity index (χ2v) is 9.39. The number of carbonyl (C=O) groups excluding carboxylic acids is 2. The molecule has 1 unspecified atom stereocenters. The number of amides is 2. The number of nitrogens with two attached hydrogens (primary N) is 2. The highest BCUT2D eigenvalue weighted by molar-refractivity contribution is 8.15. The largest absolute Gasteiger partial charge is 0.497 e. The van der Waals surface area contributed by atoms with Crippen LogP contribution >= 0.6 is 11.8 Å². The Balaban J connectivity index is 0.000000364. The third-order valence-electron chi connectivity index (χ3n) is 5.32. The number of methoxy groups -OCH3 is 1. The third kappa shape index (κ3) is 7.36. The Labute approximate surface area is 218 Å². The van der Waals surface area contributed by atoms with Crippen molar-refractivity contribution in [2.75, 3.05) is 21.2 Å². The Morgan fingerprint density at radius 1 is 1.19 bits per heavy atom. The topological polar surface area (TPSA) is 174 Å². The average molecular weight is 527 g/mol. The first-order chi connectivity index (χ1) is 17.6. The molecular weight excluding hydrogens is 496 g/mol. The van der Waals surface area contributed by atoms with E-state index in [-0.39, 0.29) is 28.3 Å². The number of nitrogens with zero attached hydrogens (tertiary/aromatic N) is 4. The minimum Gasteiger partial charge on any atom is -0.497 e. The first-order valence-corrected chi connectivity index (χ1v) is 12.0. The SMILES string of the molecule is CN(C)C(=N)N=C(N)N.COc1ccc2nc(COc3ccc(CC4SC(=O)NC4=O)cc3)n(C)c2c1. The lowest BCUT2D eigenvalue weighted by Gasteiger charge is -2.09. The number of aromatic nitrogens is 2. The van der Waals surface area contributed by atoms with E-state index >= 15 is 0 Å². The Morgan fingerprint density at radius 2 is 1.86 bits per heavy atom. The van der Waals surface area contributed by atoms with Gasteiger partial charge < -0.3 is 30.4 Å². The predicted octanol–water partition coefficient (Wildman–Crippen LogP) is 1.81. The van der Waals surface area contributed by atoms with Crippen LogP contribution in [0.25, 0.3) is 11.0 Å². The molecule has 2 heterocycles. The summed E-state index contributed by atoms with van der Waals surface area (Å²) < 4.78 is 13.1. The van der Waals surface area contributed by atoms with Gasteiger partial charge in [0, 0.05) is 27.2 Å². The summed E-state index contributed by atoms with van der Waals surface area (Å²) >= 11 is 1.04. The number of aryl methyl sites for hydroxylation is 1. The van der Waals surface area contributed by atoms with Gasteiger partial charge in [0.2, 0.25) is 11.9 Å². The molecule has 0 saturated carbocycles. The molecule has 1 fully saturated rings. The molecular formula is C24H30N8O4S. The maximum atomic E-state index is 11.7. The Bertz CT molecular complexity index is 1320. The lowest BCUT2D eigenvalue weighted by molar-refractivity contribution is -0.118. The second kappa shape index (κ2) is 12.1. The summed E-state index contributed by atoms with van der Waals surface area (Å²) in [5, 5.41) is 8.71. The second-order valence-electron chi connectivity index (χ2n) is 8.22. The van der Waals surface area contributed by atoms with E-state index in [1.54, 1.807) is 21.2 Å². The number of imidazole rings is 1. The molecule has 1 saturated heterocycles. The predicted molar refractivity (Wildman–Crippen MR) is 144 cm³/mol. The van der Waals surface area contributed by atoms with Crippen molar-refractivity contribution in [3.63, 3.8) is 0 Å². The van der Waals surface area contributed by atoms with E-state index in [0.29, 0.717) is 18.8 Å². The number of nitrogens with one attached hydrogen (secondary N) is 2. The number of rotatable bonds is 6. The Kier molecular flexibility index (Phi) is 8.95. The minimum absolute atomic E-state index is 0.0509. The fourth-order valence-electron chi connectivity index (χ4n) is 3.31.